The third-order valence-corrected chi connectivity index (χ3v) is 12.1. The molecule has 1 N–H and O–H groups in total. The Hall–Kier alpha value is -6.16. The molecule has 260 valence electrons. The summed E-state index contributed by atoms with van der Waals surface area (Å²) in [5.41, 5.74) is 11.5. The van der Waals surface area contributed by atoms with Crippen molar-refractivity contribution in [3.05, 3.63) is 174 Å². The summed E-state index contributed by atoms with van der Waals surface area (Å²) in [5.74, 6) is 0.228. The largest absolute Gasteiger partial charge is 0.456 e. The summed E-state index contributed by atoms with van der Waals surface area (Å²) in [6.45, 7) is 2.34. The Morgan fingerprint density at radius 3 is 2.00 bits per heavy atom. The van der Waals surface area contributed by atoms with Gasteiger partial charge in [-0.15, -0.1) is 0 Å². The minimum absolute atomic E-state index is 0.114. The van der Waals surface area contributed by atoms with E-state index in [4.69, 9.17) is 8.83 Å². The Balaban J connectivity index is 1.09. The maximum Gasteiger partial charge on any atom is 0.144 e. The number of furan rings is 2. The molecular weight excluding hydrogens is 659 g/mol. The van der Waals surface area contributed by atoms with Crippen LogP contribution in [0.1, 0.15) is 55.0 Å². The minimum Gasteiger partial charge on any atom is -0.456 e. The zero-order valence-electron chi connectivity index (χ0n) is 30.2. The second-order valence-electron chi connectivity index (χ2n) is 15.0. The summed E-state index contributed by atoms with van der Waals surface area (Å²) in [6.07, 6.45) is 5.49. The van der Waals surface area contributed by atoms with Gasteiger partial charge in [-0.3, -0.25) is 0 Å². The van der Waals surface area contributed by atoms with Gasteiger partial charge in [0.2, 0.25) is 0 Å². The van der Waals surface area contributed by atoms with E-state index >= 15 is 0 Å². The molecular formula is C51H39NO2. The zero-order chi connectivity index (χ0) is 35.8. The highest BCUT2D eigenvalue weighted by Crippen LogP contribution is 2.50. The van der Waals surface area contributed by atoms with Crippen molar-refractivity contribution in [3.8, 4) is 11.1 Å². The van der Waals surface area contributed by atoms with Crippen molar-refractivity contribution in [3.63, 3.8) is 0 Å². The Bertz CT molecular complexity index is 3010. The van der Waals surface area contributed by atoms with E-state index in [2.05, 4.69) is 170 Å². The molecule has 8 aromatic carbocycles. The van der Waals surface area contributed by atoms with Crippen LogP contribution in [0.2, 0.25) is 0 Å². The van der Waals surface area contributed by atoms with E-state index in [-0.39, 0.29) is 18.0 Å². The number of benzene rings is 8. The van der Waals surface area contributed by atoms with Gasteiger partial charge in [0.25, 0.3) is 0 Å². The van der Waals surface area contributed by atoms with Crippen molar-refractivity contribution < 1.29 is 8.83 Å². The van der Waals surface area contributed by atoms with E-state index < -0.39 is 0 Å². The third-order valence-electron chi connectivity index (χ3n) is 12.1. The first-order valence-electron chi connectivity index (χ1n) is 19.3. The molecule has 0 radical (unpaired) electrons. The molecule has 0 amide bonds. The summed E-state index contributed by atoms with van der Waals surface area (Å²) in [6, 6.07) is 55.2. The highest BCUT2D eigenvalue weighted by molar-refractivity contribution is 6.38. The van der Waals surface area contributed by atoms with E-state index in [9.17, 15) is 0 Å². The van der Waals surface area contributed by atoms with Gasteiger partial charge in [-0.05, 0) is 87.0 Å². The van der Waals surface area contributed by atoms with Crippen LogP contribution in [0.4, 0.5) is 0 Å². The topological polar surface area (TPSA) is 38.3 Å². The van der Waals surface area contributed by atoms with Crippen molar-refractivity contribution in [1.82, 2.24) is 5.32 Å². The average molecular weight is 698 g/mol. The van der Waals surface area contributed by atoms with E-state index in [0.717, 1.165) is 57.8 Å². The van der Waals surface area contributed by atoms with E-state index in [1.807, 2.05) is 0 Å². The van der Waals surface area contributed by atoms with Gasteiger partial charge in [0.15, 0.2) is 0 Å². The molecule has 10 aromatic rings. The highest BCUT2D eigenvalue weighted by Gasteiger charge is 2.32. The Morgan fingerprint density at radius 2 is 1.20 bits per heavy atom. The Kier molecular flexibility index (Phi) is 7.25. The number of hydrogen-bond acceptors (Lipinski definition) is 3. The lowest BCUT2D eigenvalue weighted by Gasteiger charge is -2.36. The maximum atomic E-state index is 6.99. The molecule has 54 heavy (non-hydrogen) atoms. The van der Waals surface area contributed by atoms with E-state index in [1.54, 1.807) is 0 Å². The molecule has 0 aliphatic carbocycles. The molecule has 0 bridgehead atoms. The second kappa shape index (κ2) is 12.5. The first-order chi connectivity index (χ1) is 26.7. The fourth-order valence-electron chi connectivity index (χ4n) is 9.62. The molecule has 0 saturated carbocycles. The van der Waals surface area contributed by atoms with Gasteiger partial charge >= 0.3 is 0 Å². The minimum atomic E-state index is 0.114. The molecule has 3 unspecified atom stereocenters. The number of fused-ring (bicyclic) bond motifs is 7. The van der Waals surface area contributed by atoms with Crippen molar-refractivity contribution in [2.45, 2.75) is 38.3 Å². The van der Waals surface area contributed by atoms with Crippen LogP contribution in [0.5, 0.6) is 0 Å². The standard InChI is InChI=1S/C51H39NO2/c1-2-35-36(20-11-23-42(52-50(35)34-16-7-4-8-17-34)33-28-26-32(27-29-33)31-14-5-3-6-15-31)38-21-12-24-43-46(38)41-30-45-49-47-39(22-13-25-44(47)53-45)37-18-9-10-19-40(37)48(49)51(41)54-43/h3-10,12-22,24-30,35,42,50,52H,2,11,23H2,1H3/b36-20+. The molecule has 3 atom stereocenters. The van der Waals surface area contributed by atoms with Crippen LogP contribution >= 0.6 is 0 Å². The molecule has 0 spiro atoms. The highest BCUT2D eigenvalue weighted by atomic mass is 16.3. The van der Waals surface area contributed by atoms with Crippen LogP contribution < -0.4 is 5.32 Å². The fraction of sp³-hybridized carbons (Fsp3) is 0.137. The summed E-state index contributed by atoms with van der Waals surface area (Å²) in [4.78, 5) is 0. The van der Waals surface area contributed by atoms with Gasteiger partial charge in [0.05, 0.1) is 0 Å². The molecule has 1 aliphatic rings. The van der Waals surface area contributed by atoms with Crippen LogP contribution in [-0.4, -0.2) is 0 Å². The summed E-state index contributed by atoms with van der Waals surface area (Å²) < 4.78 is 13.7. The lowest BCUT2D eigenvalue weighted by molar-refractivity contribution is 0.352. The predicted molar refractivity (Wildman–Crippen MR) is 225 cm³/mol. The Morgan fingerprint density at radius 1 is 0.537 bits per heavy atom. The second-order valence-corrected chi connectivity index (χ2v) is 15.0. The Labute approximate surface area is 313 Å². The summed E-state index contributed by atoms with van der Waals surface area (Å²) in [5, 5.41) is 13.6. The van der Waals surface area contributed by atoms with Crippen LogP contribution in [0.15, 0.2) is 167 Å². The molecule has 0 saturated heterocycles. The summed E-state index contributed by atoms with van der Waals surface area (Å²) >= 11 is 0. The van der Waals surface area contributed by atoms with Crippen LogP contribution in [-0.2, 0) is 0 Å². The lowest BCUT2D eigenvalue weighted by atomic mass is 9.78. The van der Waals surface area contributed by atoms with Crippen molar-refractivity contribution in [1.29, 1.82) is 0 Å². The molecule has 1 aliphatic heterocycles. The quantitative estimate of drug-likeness (QED) is 0.182. The first-order valence-corrected chi connectivity index (χ1v) is 19.3. The number of nitrogens with one attached hydrogen (secondary N) is 1. The predicted octanol–water partition coefficient (Wildman–Crippen LogP) is 14.2. The van der Waals surface area contributed by atoms with E-state index in [1.165, 1.54) is 60.3 Å². The van der Waals surface area contributed by atoms with Gasteiger partial charge in [0, 0.05) is 44.9 Å². The van der Waals surface area contributed by atoms with Gasteiger partial charge in [-0.1, -0.05) is 146 Å². The smallest absolute Gasteiger partial charge is 0.144 e. The van der Waals surface area contributed by atoms with Crippen LogP contribution in [0, 0.1) is 5.92 Å². The molecule has 11 rings (SSSR count). The van der Waals surface area contributed by atoms with Gasteiger partial charge in [-0.2, -0.15) is 0 Å². The van der Waals surface area contributed by atoms with Crippen LogP contribution in [0.25, 0.3) is 82.1 Å². The maximum absolute atomic E-state index is 6.99. The van der Waals surface area contributed by atoms with Gasteiger partial charge in [0.1, 0.15) is 22.3 Å². The third kappa shape index (κ3) is 4.78. The zero-order valence-corrected chi connectivity index (χ0v) is 30.2. The van der Waals surface area contributed by atoms with E-state index in [0.29, 0.717) is 0 Å². The molecule has 3 heteroatoms. The number of rotatable bonds is 5. The fourth-order valence-corrected chi connectivity index (χ4v) is 9.62. The molecule has 3 nitrogen and oxygen atoms in total. The number of allylic oxidation sites excluding steroid dienone is 1. The van der Waals surface area contributed by atoms with Crippen molar-refractivity contribution >= 4 is 71.0 Å². The monoisotopic (exact) mass is 697 g/mol. The number of hydrogen-bond donors (Lipinski definition) is 1. The lowest BCUT2D eigenvalue weighted by Crippen LogP contribution is -2.33. The molecule has 3 heterocycles. The van der Waals surface area contributed by atoms with Crippen molar-refractivity contribution in [2.75, 3.05) is 0 Å². The molecule has 2 aromatic heterocycles. The normalized spacial score (nSPS) is 19.2. The SMILES string of the molecule is CCC1/C(c2cccc3oc4c(cc5oc6cccc7c8ccccc8c4c5c67)c23)=C\CCC(c2ccc(-c3ccccc3)cc2)NC1c1ccccc1. The van der Waals surface area contributed by atoms with Gasteiger partial charge in [-0.25, -0.2) is 0 Å². The van der Waals surface area contributed by atoms with Crippen molar-refractivity contribution in [2.24, 2.45) is 5.92 Å². The average Bonchev–Trinajstić information content (AvgIpc) is 3.79. The van der Waals surface area contributed by atoms with Crippen LogP contribution in [0.3, 0.4) is 0 Å². The first kappa shape index (κ1) is 31.4. The summed E-state index contributed by atoms with van der Waals surface area (Å²) in [7, 11) is 0. The molecule has 0 fully saturated rings. The van der Waals surface area contributed by atoms with Gasteiger partial charge < -0.3 is 14.2 Å².